The molecule has 148 valence electrons. The third kappa shape index (κ3) is 4.34. The number of hydrogen-bond acceptors (Lipinski definition) is 5. The minimum absolute atomic E-state index is 0.00120. The van der Waals surface area contributed by atoms with E-state index >= 15 is 0 Å². The lowest BCUT2D eigenvalue weighted by atomic mass is 10.1. The van der Waals surface area contributed by atoms with Gasteiger partial charge in [0.25, 0.3) is 5.91 Å². The third-order valence-corrected chi connectivity index (χ3v) is 5.00. The molecule has 1 aliphatic rings. The smallest absolute Gasteiger partial charge is 0.253 e. The van der Waals surface area contributed by atoms with Crippen LogP contribution in [-0.2, 0) is 4.79 Å². The van der Waals surface area contributed by atoms with Gasteiger partial charge in [0, 0.05) is 54.9 Å². The number of aromatic nitrogens is 2. The van der Waals surface area contributed by atoms with Crippen LogP contribution in [0.15, 0.2) is 54.7 Å². The van der Waals surface area contributed by atoms with Crippen LogP contribution in [0.2, 0.25) is 0 Å². The van der Waals surface area contributed by atoms with Crippen LogP contribution in [0.5, 0.6) is 5.88 Å². The van der Waals surface area contributed by atoms with E-state index in [1.54, 1.807) is 30.5 Å². The Bertz CT molecular complexity index is 1020. The van der Waals surface area contributed by atoms with Gasteiger partial charge in [-0.05, 0) is 30.3 Å². The predicted molar refractivity (Wildman–Crippen MR) is 110 cm³/mol. The van der Waals surface area contributed by atoms with Gasteiger partial charge in [0.15, 0.2) is 0 Å². The fourth-order valence-corrected chi connectivity index (χ4v) is 3.51. The molecular formula is C22H22N4O3. The molecule has 2 amide bonds. The SMILES string of the molecule is CC(=O)Nc1ccc(C(=O)N2CCC(Oc3nncc4ccccc34)CC2)cc1. The first-order valence-electron chi connectivity index (χ1n) is 9.64. The Hall–Kier alpha value is -3.48. The van der Waals surface area contributed by atoms with Gasteiger partial charge in [-0.15, -0.1) is 5.10 Å². The summed E-state index contributed by atoms with van der Waals surface area (Å²) in [6, 6.07) is 14.8. The van der Waals surface area contributed by atoms with Crippen LogP contribution in [0.25, 0.3) is 10.8 Å². The maximum Gasteiger partial charge on any atom is 0.253 e. The highest BCUT2D eigenvalue weighted by atomic mass is 16.5. The molecule has 0 spiro atoms. The normalized spacial score (nSPS) is 14.6. The molecule has 0 aliphatic carbocycles. The number of fused-ring (bicyclic) bond motifs is 1. The molecule has 3 aromatic rings. The highest BCUT2D eigenvalue weighted by Crippen LogP contribution is 2.25. The van der Waals surface area contributed by atoms with E-state index in [-0.39, 0.29) is 17.9 Å². The first-order valence-corrected chi connectivity index (χ1v) is 9.64. The van der Waals surface area contributed by atoms with Crippen molar-refractivity contribution in [3.05, 3.63) is 60.3 Å². The summed E-state index contributed by atoms with van der Waals surface area (Å²) in [4.78, 5) is 25.7. The van der Waals surface area contributed by atoms with Crippen LogP contribution in [0.3, 0.4) is 0 Å². The number of piperidine rings is 1. The zero-order chi connectivity index (χ0) is 20.2. The number of carbonyl (C=O) groups is 2. The lowest BCUT2D eigenvalue weighted by Gasteiger charge is -2.32. The molecule has 2 heterocycles. The van der Waals surface area contributed by atoms with Crippen molar-refractivity contribution in [3.8, 4) is 5.88 Å². The number of nitrogens with one attached hydrogen (secondary N) is 1. The quantitative estimate of drug-likeness (QED) is 0.739. The van der Waals surface area contributed by atoms with E-state index in [0.717, 1.165) is 23.6 Å². The van der Waals surface area contributed by atoms with Crippen molar-refractivity contribution in [2.75, 3.05) is 18.4 Å². The van der Waals surface area contributed by atoms with Crippen LogP contribution in [0, 0.1) is 0 Å². The largest absolute Gasteiger partial charge is 0.473 e. The lowest BCUT2D eigenvalue weighted by Crippen LogP contribution is -2.41. The molecule has 4 rings (SSSR count). The predicted octanol–water partition coefficient (Wildman–Crippen LogP) is 3.27. The minimum atomic E-state index is -0.137. The molecule has 1 N–H and O–H groups in total. The monoisotopic (exact) mass is 390 g/mol. The fraction of sp³-hybridized carbons (Fsp3) is 0.273. The molecule has 7 heteroatoms. The first kappa shape index (κ1) is 18.9. The summed E-state index contributed by atoms with van der Waals surface area (Å²) in [5.41, 5.74) is 1.29. The van der Waals surface area contributed by atoms with Crippen LogP contribution < -0.4 is 10.1 Å². The summed E-state index contributed by atoms with van der Waals surface area (Å²) in [5, 5.41) is 12.8. The maximum absolute atomic E-state index is 12.7. The molecule has 29 heavy (non-hydrogen) atoms. The Morgan fingerprint density at radius 2 is 1.79 bits per heavy atom. The second kappa shape index (κ2) is 8.26. The number of anilines is 1. The van der Waals surface area contributed by atoms with Crippen molar-refractivity contribution in [1.29, 1.82) is 0 Å². The third-order valence-electron chi connectivity index (χ3n) is 5.00. The summed E-state index contributed by atoms with van der Waals surface area (Å²) in [5.74, 6) is 0.395. The van der Waals surface area contributed by atoms with Gasteiger partial charge < -0.3 is 15.0 Å². The Labute approximate surface area is 168 Å². The van der Waals surface area contributed by atoms with Crippen molar-refractivity contribution in [2.45, 2.75) is 25.9 Å². The Morgan fingerprint density at radius 3 is 2.52 bits per heavy atom. The van der Waals surface area contributed by atoms with E-state index in [9.17, 15) is 9.59 Å². The molecule has 1 fully saturated rings. The summed E-state index contributed by atoms with van der Waals surface area (Å²) in [6.45, 7) is 2.69. The number of ether oxygens (including phenoxy) is 1. The number of likely N-dealkylation sites (tertiary alicyclic amines) is 1. The molecule has 2 aromatic carbocycles. The fourth-order valence-electron chi connectivity index (χ4n) is 3.51. The minimum Gasteiger partial charge on any atom is -0.473 e. The summed E-state index contributed by atoms with van der Waals surface area (Å²) in [6.07, 6.45) is 3.20. The van der Waals surface area contributed by atoms with Gasteiger partial charge in [-0.3, -0.25) is 9.59 Å². The van der Waals surface area contributed by atoms with E-state index in [2.05, 4.69) is 15.5 Å². The summed E-state index contributed by atoms with van der Waals surface area (Å²) >= 11 is 0. The van der Waals surface area contributed by atoms with E-state index < -0.39 is 0 Å². The van der Waals surface area contributed by atoms with E-state index in [4.69, 9.17) is 4.74 Å². The molecule has 1 aromatic heterocycles. The topological polar surface area (TPSA) is 84.4 Å². The average Bonchev–Trinajstić information content (AvgIpc) is 2.74. The lowest BCUT2D eigenvalue weighted by molar-refractivity contribution is -0.114. The molecule has 1 aliphatic heterocycles. The maximum atomic E-state index is 12.7. The Morgan fingerprint density at radius 1 is 1.07 bits per heavy atom. The van der Waals surface area contributed by atoms with Gasteiger partial charge in [0.05, 0.1) is 6.20 Å². The van der Waals surface area contributed by atoms with Crippen molar-refractivity contribution in [2.24, 2.45) is 0 Å². The molecular weight excluding hydrogens is 368 g/mol. The van der Waals surface area contributed by atoms with Crippen LogP contribution >= 0.6 is 0 Å². The zero-order valence-corrected chi connectivity index (χ0v) is 16.2. The number of carbonyl (C=O) groups excluding carboxylic acids is 2. The van der Waals surface area contributed by atoms with Gasteiger partial charge in [-0.2, -0.15) is 5.10 Å². The van der Waals surface area contributed by atoms with E-state index in [1.807, 2.05) is 29.2 Å². The van der Waals surface area contributed by atoms with Gasteiger partial charge in [0.2, 0.25) is 11.8 Å². The average molecular weight is 390 g/mol. The summed E-state index contributed by atoms with van der Waals surface area (Å²) in [7, 11) is 0. The standard InChI is InChI=1S/C22H22N4O3/c1-15(27)24-18-8-6-16(7-9-18)22(28)26-12-10-19(11-13-26)29-21-20-5-3-2-4-17(20)14-23-25-21/h2-9,14,19H,10-13H2,1H3,(H,24,27). The highest BCUT2D eigenvalue weighted by molar-refractivity contribution is 5.95. The first-order chi connectivity index (χ1) is 14.1. The van der Waals surface area contributed by atoms with Crippen LogP contribution in [-0.4, -0.2) is 46.1 Å². The molecule has 0 atom stereocenters. The van der Waals surface area contributed by atoms with Gasteiger partial charge >= 0.3 is 0 Å². The van der Waals surface area contributed by atoms with Crippen LogP contribution in [0.4, 0.5) is 5.69 Å². The summed E-state index contributed by atoms with van der Waals surface area (Å²) < 4.78 is 6.10. The molecule has 7 nitrogen and oxygen atoms in total. The second-order valence-electron chi connectivity index (χ2n) is 7.10. The van der Waals surface area contributed by atoms with Crippen molar-refractivity contribution < 1.29 is 14.3 Å². The Kier molecular flexibility index (Phi) is 5.37. The number of hydrogen-bond donors (Lipinski definition) is 1. The Balaban J connectivity index is 1.36. The number of nitrogens with zero attached hydrogens (tertiary/aromatic N) is 3. The number of amides is 2. The van der Waals surface area contributed by atoms with Gasteiger partial charge in [-0.25, -0.2) is 0 Å². The molecule has 0 radical (unpaired) electrons. The van der Waals surface area contributed by atoms with Crippen LogP contribution in [0.1, 0.15) is 30.1 Å². The number of rotatable bonds is 4. The second-order valence-corrected chi connectivity index (χ2v) is 7.10. The van der Waals surface area contributed by atoms with Crippen molar-refractivity contribution in [1.82, 2.24) is 15.1 Å². The number of benzene rings is 2. The van der Waals surface area contributed by atoms with Crippen molar-refractivity contribution in [3.63, 3.8) is 0 Å². The van der Waals surface area contributed by atoms with E-state index in [0.29, 0.717) is 30.2 Å². The van der Waals surface area contributed by atoms with Gasteiger partial charge in [-0.1, -0.05) is 18.2 Å². The molecule has 0 saturated carbocycles. The highest BCUT2D eigenvalue weighted by Gasteiger charge is 2.25. The van der Waals surface area contributed by atoms with Gasteiger partial charge in [0.1, 0.15) is 6.10 Å². The molecule has 1 saturated heterocycles. The molecule has 0 unspecified atom stereocenters. The zero-order valence-electron chi connectivity index (χ0n) is 16.2. The van der Waals surface area contributed by atoms with E-state index in [1.165, 1.54) is 6.92 Å². The molecule has 0 bridgehead atoms. The van der Waals surface area contributed by atoms with Crippen molar-refractivity contribution >= 4 is 28.3 Å².